The van der Waals surface area contributed by atoms with Gasteiger partial charge in [-0.2, -0.15) is 0 Å². The number of methoxy groups -OCH3 is 1. The molecule has 1 heterocycles. The van der Waals surface area contributed by atoms with Gasteiger partial charge >= 0.3 is 0 Å². The van der Waals surface area contributed by atoms with E-state index < -0.39 is 10.0 Å². The van der Waals surface area contributed by atoms with Gasteiger partial charge in [-0.15, -0.1) is 0 Å². The Hall–Kier alpha value is -2.16. The van der Waals surface area contributed by atoms with Gasteiger partial charge in [0.2, 0.25) is 10.0 Å². The van der Waals surface area contributed by atoms with Gasteiger partial charge in [-0.05, 0) is 23.8 Å². The average molecular weight is 308 g/mol. The Labute approximate surface area is 123 Å². The Balaban J connectivity index is 2.09. The minimum Gasteiger partial charge on any atom is -0.497 e. The van der Waals surface area contributed by atoms with Crippen LogP contribution in [0.1, 0.15) is 5.56 Å². The summed E-state index contributed by atoms with van der Waals surface area (Å²) >= 11 is 0. The van der Waals surface area contributed by atoms with Crippen molar-refractivity contribution in [3.63, 3.8) is 0 Å². The van der Waals surface area contributed by atoms with E-state index in [0.29, 0.717) is 0 Å². The van der Waals surface area contributed by atoms with E-state index in [1.807, 2.05) is 0 Å². The van der Waals surface area contributed by atoms with Gasteiger partial charge in [-0.3, -0.25) is 0 Å². The molecule has 21 heavy (non-hydrogen) atoms. The minimum atomic E-state index is -3.62. The third-order valence-corrected chi connectivity index (χ3v) is 4.21. The SMILES string of the molecule is COc1ccc(CNS(=O)(=O)c2ccnc(NN)c2)cc1. The Morgan fingerprint density at radius 1 is 1.24 bits per heavy atom. The monoisotopic (exact) mass is 308 g/mol. The zero-order chi connectivity index (χ0) is 15.3. The standard InChI is InChI=1S/C13H16N4O3S/c1-20-11-4-2-10(3-5-11)9-16-21(18,19)12-6-7-15-13(8-12)17-14/h2-8,16H,9,14H2,1H3,(H,15,17). The Bertz CT molecular complexity index is 702. The van der Waals surface area contributed by atoms with Crippen molar-refractivity contribution in [3.05, 3.63) is 48.2 Å². The van der Waals surface area contributed by atoms with Gasteiger partial charge in [-0.25, -0.2) is 24.0 Å². The predicted octanol–water partition coefficient (Wildman–Crippen LogP) is 0.854. The Morgan fingerprint density at radius 3 is 2.57 bits per heavy atom. The van der Waals surface area contributed by atoms with Gasteiger partial charge < -0.3 is 10.2 Å². The zero-order valence-corrected chi connectivity index (χ0v) is 12.2. The van der Waals surface area contributed by atoms with Gasteiger partial charge in [0.1, 0.15) is 11.6 Å². The number of benzene rings is 1. The molecule has 4 N–H and O–H groups in total. The number of sulfonamides is 1. The summed E-state index contributed by atoms with van der Waals surface area (Å²) < 4.78 is 31.9. The van der Waals surface area contributed by atoms with Crippen molar-refractivity contribution in [2.24, 2.45) is 5.84 Å². The van der Waals surface area contributed by atoms with E-state index in [4.69, 9.17) is 10.6 Å². The third-order valence-electron chi connectivity index (χ3n) is 2.81. The first-order valence-corrected chi connectivity index (χ1v) is 7.59. The van der Waals surface area contributed by atoms with E-state index in [1.165, 1.54) is 18.3 Å². The van der Waals surface area contributed by atoms with Crippen molar-refractivity contribution in [2.45, 2.75) is 11.4 Å². The highest BCUT2D eigenvalue weighted by Gasteiger charge is 2.14. The average Bonchev–Trinajstić information content (AvgIpc) is 2.53. The number of nitrogens with one attached hydrogen (secondary N) is 2. The highest BCUT2D eigenvalue weighted by atomic mass is 32.2. The lowest BCUT2D eigenvalue weighted by molar-refractivity contribution is 0.414. The maximum Gasteiger partial charge on any atom is 0.241 e. The van der Waals surface area contributed by atoms with E-state index in [2.05, 4.69) is 15.1 Å². The lowest BCUT2D eigenvalue weighted by Gasteiger charge is -2.08. The smallest absolute Gasteiger partial charge is 0.241 e. The quantitative estimate of drug-likeness (QED) is 0.539. The molecule has 2 aromatic rings. The van der Waals surface area contributed by atoms with Gasteiger partial charge in [-0.1, -0.05) is 12.1 Å². The van der Waals surface area contributed by atoms with Gasteiger partial charge in [0.05, 0.1) is 12.0 Å². The summed E-state index contributed by atoms with van der Waals surface area (Å²) in [6, 6.07) is 9.88. The van der Waals surface area contributed by atoms with Crippen molar-refractivity contribution in [3.8, 4) is 5.75 Å². The summed E-state index contributed by atoms with van der Waals surface area (Å²) in [5, 5.41) is 0. The molecule has 8 heteroatoms. The summed E-state index contributed by atoms with van der Waals surface area (Å²) in [6.07, 6.45) is 1.37. The fraction of sp³-hybridized carbons (Fsp3) is 0.154. The van der Waals surface area contributed by atoms with E-state index in [-0.39, 0.29) is 17.3 Å². The van der Waals surface area contributed by atoms with Crippen LogP contribution in [0.2, 0.25) is 0 Å². The molecule has 0 fully saturated rings. The molecule has 0 saturated carbocycles. The van der Waals surface area contributed by atoms with E-state index in [1.54, 1.807) is 31.4 Å². The second kappa shape index (κ2) is 6.53. The lowest BCUT2D eigenvalue weighted by Crippen LogP contribution is -2.23. The first kappa shape index (κ1) is 15.2. The molecular formula is C13H16N4O3S. The summed E-state index contributed by atoms with van der Waals surface area (Å²) in [4.78, 5) is 3.96. The van der Waals surface area contributed by atoms with Crippen LogP contribution in [0.5, 0.6) is 5.75 Å². The van der Waals surface area contributed by atoms with Crippen LogP contribution >= 0.6 is 0 Å². The topological polar surface area (TPSA) is 106 Å². The zero-order valence-electron chi connectivity index (χ0n) is 11.4. The number of aromatic nitrogens is 1. The van der Waals surface area contributed by atoms with Crippen LogP contribution in [0.25, 0.3) is 0 Å². The van der Waals surface area contributed by atoms with Gasteiger partial charge in [0.25, 0.3) is 0 Å². The molecule has 0 saturated heterocycles. The number of pyridine rings is 1. The molecule has 0 aliphatic rings. The number of nitrogens with two attached hydrogens (primary N) is 1. The molecule has 0 amide bonds. The van der Waals surface area contributed by atoms with Gasteiger partial charge in [0.15, 0.2) is 0 Å². The van der Waals surface area contributed by atoms with Crippen LogP contribution in [-0.4, -0.2) is 20.5 Å². The molecule has 7 nitrogen and oxygen atoms in total. The van der Waals surface area contributed by atoms with Crippen molar-refractivity contribution in [1.82, 2.24) is 9.71 Å². The molecule has 0 unspecified atom stereocenters. The molecule has 2 rings (SSSR count). The van der Waals surface area contributed by atoms with E-state index >= 15 is 0 Å². The summed E-state index contributed by atoms with van der Waals surface area (Å²) in [7, 11) is -2.05. The predicted molar refractivity (Wildman–Crippen MR) is 79.1 cm³/mol. The number of hydrazine groups is 1. The van der Waals surface area contributed by atoms with Crippen LogP contribution in [0.15, 0.2) is 47.5 Å². The largest absolute Gasteiger partial charge is 0.497 e. The van der Waals surface area contributed by atoms with E-state index in [0.717, 1.165) is 11.3 Å². The number of hydrogen-bond donors (Lipinski definition) is 3. The molecule has 0 radical (unpaired) electrons. The van der Waals surface area contributed by atoms with Gasteiger partial charge in [0, 0.05) is 18.8 Å². The molecule has 0 spiro atoms. The Kier molecular flexibility index (Phi) is 4.73. The molecule has 1 aromatic heterocycles. The summed E-state index contributed by atoms with van der Waals surface area (Å²) in [5.41, 5.74) is 3.13. The maximum atomic E-state index is 12.2. The number of nitrogen functional groups attached to an aromatic ring is 1. The van der Waals surface area contributed by atoms with E-state index in [9.17, 15) is 8.42 Å². The fourth-order valence-corrected chi connectivity index (χ4v) is 2.69. The lowest BCUT2D eigenvalue weighted by atomic mass is 10.2. The van der Waals surface area contributed by atoms with Crippen molar-refractivity contribution in [1.29, 1.82) is 0 Å². The van der Waals surface area contributed by atoms with Crippen LogP contribution < -0.4 is 20.7 Å². The van der Waals surface area contributed by atoms with Crippen molar-refractivity contribution in [2.75, 3.05) is 12.5 Å². The van der Waals surface area contributed by atoms with Crippen LogP contribution in [-0.2, 0) is 16.6 Å². The molecule has 0 bridgehead atoms. The normalized spacial score (nSPS) is 11.1. The summed E-state index contributed by atoms with van der Waals surface area (Å²) in [5.74, 6) is 6.21. The first-order valence-electron chi connectivity index (χ1n) is 6.10. The number of ether oxygens (including phenoxy) is 1. The van der Waals surface area contributed by atoms with Crippen LogP contribution in [0, 0.1) is 0 Å². The second-order valence-corrected chi connectivity index (χ2v) is 5.96. The molecule has 0 aliphatic carbocycles. The highest BCUT2D eigenvalue weighted by molar-refractivity contribution is 7.89. The molecule has 1 aromatic carbocycles. The molecule has 0 atom stereocenters. The molecule has 112 valence electrons. The number of rotatable bonds is 6. The van der Waals surface area contributed by atoms with Crippen molar-refractivity contribution < 1.29 is 13.2 Å². The number of hydrogen-bond acceptors (Lipinski definition) is 6. The number of anilines is 1. The minimum absolute atomic E-state index is 0.0963. The number of nitrogens with zero attached hydrogens (tertiary/aromatic N) is 1. The van der Waals surface area contributed by atoms with Crippen molar-refractivity contribution >= 4 is 15.8 Å². The highest BCUT2D eigenvalue weighted by Crippen LogP contribution is 2.14. The maximum absolute atomic E-state index is 12.2. The summed E-state index contributed by atoms with van der Waals surface area (Å²) in [6.45, 7) is 0.181. The Morgan fingerprint density at radius 2 is 1.95 bits per heavy atom. The third kappa shape index (κ3) is 3.91. The molecular weight excluding hydrogens is 292 g/mol. The molecule has 0 aliphatic heterocycles. The van der Waals surface area contributed by atoms with Crippen LogP contribution in [0.3, 0.4) is 0 Å². The second-order valence-electron chi connectivity index (χ2n) is 4.19. The van der Waals surface area contributed by atoms with Crippen LogP contribution in [0.4, 0.5) is 5.82 Å². The first-order chi connectivity index (χ1) is 10.0. The fourth-order valence-electron chi connectivity index (χ4n) is 1.66.